The van der Waals surface area contributed by atoms with Crippen LogP contribution in [0.15, 0.2) is 27.8 Å². The Hall–Kier alpha value is -1.88. The molecular weight excluding hydrogens is 242 g/mol. The molecule has 0 atom stereocenters. The SMILES string of the molecule is O=c1[nH]c2ccc(CC3CCNCC3)cc2[nH]c1=O. The van der Waals surface area contributed by atoms with Crippen molar-refractivity contribution in [2.24, 2.45) is 5.92 Å². The van der Waals surface area contributed by atoms with Gasteiger partial charge in [-0.05, 0) is 56.0 Å². The second-order valence-electron chi connectivity index (χ2n) is 5.19. The maximum absolute atomic E-state index is 11.3. The van der Waals surface area contributed by atoms with Gasteiger partial charge in [0.05, 0.1) is 11.0 Å². The van der Waals surface area contributed by atoms with Crippen LogP contribution in [-0.4, -0.2) is 23.1 Å². The van der Waals surface area contributed by atoms with E-state index in [4.69, 9.17) is 0 Å². The zero-order chi connectivity index (χ0) is 13.2. The number of aromatic amines is 2. The lowest BCUT2D eigenvalue weighted by molar-refractivity contribution is 0.373. The number of benzene rings is 1. The first kappa shape index (κ1) is 12.2. The highest BCUT2D eigenvalue weighted by atomic mass is 16.2. The molecule has 1 aromatic carbocycles. The van der Waals surface area contributed by atoms with Gasteiger partial charge in [-0.1, -0.05) is 6.07 Å². The molecule has 100 valence electrons. The minimum Gasteiger partial charge on any atom is -0.317 e. The zero-order valence-electron chi connectivity index (χ0n) is 10.7. The van der Waals surface area contributed by atoms with Gasteiger partial charge in [0, 0.05) is 0 Å². The van der Waals surface area contributed by atoms with E-state index in [1.807, 2.05) is 18.2 Å². The quantitative estimate of drug-likeness (QED) is 0.697. The van der Waals surface area contributed by atoms with Crippen molar-refractivity contribution in [2.45, 2.75) is 19.3 Å². The Kier molecular flexibility index (Phi) is 3.21. The average Bonchev–Trinajstić information content (AvgIpc) is 2.42. The maximum Gasteiger partial charge on any atom is 0.314 e. The van der Waals surface area contributed by atoms with Crippen molar-refractivity contribution < 1.29 is 0 Å². The highest BCUT2D eigenvalue weighted by Crippen LogP contribution is 2.19. The van der Waals surface area contributed by atoms with Gasteiger partial charge in [0.1, 0.15) is 0 Å². The van der Waals surface area contributed by atoms with Crippen LogP contribution in [0.5, 0.6) is 0 Å². The van der Waals surface area contributed by atoms with Crippen LogP contribution in [0.3, 0.4) is 0 Å². The van der Waals surface area contributed by atoms with E-state index in [0.29, 0.717) is 17.0 Å². The van der Waals surface area contributed by atoms with Crippen molar-refractivity contribution in [1.29, 1.82) is 0 Å². The first-order valence-electron chi connectivity index (χ1n) is 6.68. The van der Waals surface area contributed by atoms with Crippen molar-refractivity contribution in [3.05, 3.63) is 44.5 Å². The fraction of sp³-hybridized carbons (Fsp3) is 0.429. The van der Waals surface area contributed by atoms with Crippen molar-refractivity contribution in [3.63, 3.8) is 0 Å². The highest BCUT2D eigenvalue weighted by Gasteiger charge is 2.13. The van der Waals surface area contributed by atoms with E-state index in [9.17, 15) is 9.59 Å². The number of hydrogen-bond donors (Lipinski definition) is 3. The van der Waals surface area contributed by atoms with E-state index in [1.165, 1.54) is 18.4 Å². The van der Waals surface area contributed by atoms with Gasteiger partial charge in [0.15, 0.2) is 0 Å². The Morgan fingerprint density at radius 3 is 2.42 bits per heavy atom. The molecule has 5 heteroatoms. The summed E-state index contributed by atoms with van der Waals surface area (Å²) in [7, 11) is 0. The molecule has 19 heavy (non-hydrogen) atoms. The summed E-state index contributed by atoms with van der Waals surface area (Å²) in [4.78, 5) is 27.8. The molecule has 0 bridgehead atoms. The lowest BCUT2D eigenvalue weighted by atomic mass is 9.91. The van der Waals surface area contributed by atoms with Crippen molar-refractivity contribution in [1.82, 2.24) is 15.3 Å². The fourth-order valence-corrected chi connectivity index (χ4v) is 2.71. The number of fused-ring (bicyclic) bond motifs is 1. The standard InChI is InChI=1S/C14H17N3O2/c18-13-14(19)17-12-8-10(1-2-11(12)16-13)7-9-3-5-15-6-4-9/h1-2,8-9,15H,3-7H2,(H,16,18)(H,17,19). The third kappa shape index (κ3) is 2.61. The van der Waals surface area contributed by atoms with Gasteiger partial charge in [-0.2, -0.15) is 0 Å². The minimum atomic E-state index is -0.599. The minimum absolute atomic E-state index is 0.591. The Morgan fingerprint density at radius 2 is 1.68 bits per heavy atom. The number of aromatic nitrogens is 2. The Balaban J connectivity index is 1.90. The smallest absolute Gasteiger partial charge is 0.314 e. The Labute approximate surface area is 110 Å². The molecule has 1 aliphatic heterocycles. The number of hydrogen-bond acceptors (Lipinski definition) is 3. The van der Waals surface area contributed by atoms with Crippen molar-refractivity contribution >= 4 is 11.0 Å². The predicted octanol–water partition coefficient (Wildman–Crippen LogP) is 0.758. The molecule has 0 saturated carbocycles. The van der Waals surface area contributed by atoms with E-state index >= 15 is 0 Å². The average molecular weight is 259 g/mol. The van der Waals surface area contributed by atoms with Gasteiger partial charge in [-0.3, -0.25) is 9.59 Å². The molecule has 0 amide bonds. The van der Waals surface area contributed by atoms with E-state index in [1.54, 1.807) is 0 Å². The van der Waals surface area contributed by atoms with Crippen LogP contribution in [0.2, 0.25) is 0 Å². The van der Waals surface area contributed by atoms with Gasteiger partial charge in [-0.25, -0.2) is 0 Å². The van der Waals surface area contributed by atoms with E-state index < -0.39 is 11.1 Å². The van der Waals surface area contributed by atoms with E-state index in [2.05, 4.69) is 15.3 Å². The summed E-state index contributed by atoms with van der Waals surface area (Å²) < 4.78 is 0. The number of H-pyrrole nitrogens is 2. The van der Waals surface area contributed by atoms with Crippen LogP contribution in [0.25, 0.3) is 11.0 Å². The first-order chi connectivity index (χ1) is 9.22. The van der Waals surface area contributed by atoms with Crippen molar-refractivity contribution in [3.8, 4) is 0 Å². The Morgan fingerprint density at radius 1 is 1.00 bits per heavy atom. The molecule has 0 unspecified atom stereocenters. The normalized spacial score (nSPS) is 16.8. The van der Waals surface area contributed by atoms with Gasteiger partial charge >= 0.3 is 11.1 Å². The third-order valence-electron chi connectivity index (χ3n) is 3.77. The molecule has 3 N–H and O–H groups in total. The van der Waals surface area contributed by atoms with E-state index in [-0.39, 0.29) is 0 Å². The molecule has 2 heterocycles. The topological polar surface area (TPSA) is 77.8 Å². The van der Waals surface area contributed by atoms with Gasteiger partial charge < -0.3 is 15.3 Å². The van der Waals surface area contributed by atoms with Crippen LogP contribution in [0.1, 0.15) is 18.4 Å². The molecule has 0 spiro atoms. The van der Waals surface area contributed by atoms with Crippen LogP contribution in [0.4, 0.5) is 0 Å². The summed E-state index contributed by atoms with van der Waals surface area (Å²) in [6.07, 6.45) is 3.42. The molecule has 5 nitrogen and oxygen atoms in total. The third-order valence-corrected chi connectivity index (χ3v) is 3.77. The molecule has 0 radical (unpaired) electrons. The van der Waals surface area contributed by atoms with Crippen LogP contribution >= 0.6 is 0 Å². The highest BCUT2D eigenvalue weighted by molar-refractivity contribution is 5.74. The molecule has 1 aliphatic rings. The van der Waals surface area contributed by atoms with Crippen LogP contribution in [0, 0.1) is 5.92 Å². The molecule has 1 saturated heterocycles. The van der Waals surface area contributed by atoms with Crippen LogP contribution in [-0.2, 0) is 6.42 Å². The molecule has 3 rings (SSSR count). The summed E-state index contributed by atoms with van der Waals surface area (Å²) in [5.41, 5.74) is 1.40. The fourth-order valence-electron chi connectivity index (χ4n) is 2.71. The monoisotopic (exact) mass is 259 g/mol. The van der Waals surface area contributed by atoms with Gasteiger partial charge in [0.25, 0.3) is 0 Å². The number of nitrogens with one attached hydrogen (secondary N) is 3. The lowest BCUT2D eigenvalue weighted by Gasteiger charge is -2.22. The second kappa shape index (κ2) is 5.01. The molecule has 1 fully saturated rings. The summed E-state index contributed by atoms with van der Waals surface area (Å²) in [5.74, 6) is 0.702. The maximum atomic E-state index is 11.3. The predicted molar refractivity (Wildman–Crippen MR) is 74.5 cm³/mol. The zero-order valence-corrected chi connectivity index (χ0v) is 10.7. The molecule has 0 aliphatic carbocycles. The van der Waals surface area contributed by atoms with Crippen molar-refractivity contribution in [2.75, 3.05) is 13.1 Å². The second-order valence-corrected chi connectivity index (χ2v) is 5.19. The molecule has 2 aromatic rings. The van der Waals surface area contributed by atoms with E-state index in [0.717, 1.165) is 19.5 Å². The largest absolute Gasteiger partial charge is 0.317 e. The first-order valence-corrected chi connectivity index (χ1v) is 6.68. The lowest BCUT2D eigenvalue weighted by Crippen LogP contribution is -2.29. The van der Waals surface area contributed by atoms with Gasteiger partial charge in [-0.15, -0.1) is 0 Å². The van der Waals surface area contributed by atoms with Gasteiger partial charge in [0.2, 0.25) is 0 Å². The number of piperidine rings is 1. The summed E-state index contributed by atoms with van der Waals surface area (Å²) in [5, 5.41) is 3.36. The summed E-state index contributed by atoms with van der Waals surface area (Å²) in [6.45, 7) is 2.17. The summed E-state index contributed by atoms with van der Waals surface area (Å²) >= 11 is 0. The Bertz CT molecular complexity index is 696. The summed E-state index contributed by atoms with van der Waals surface area (Å²) in [6, 6.07) is 5.86. The number of rotatable bonds is 2. The molecular formula is C14H17N3O2. The van der Waals surface area contributed by atoms with Crippen LogP contribution < -0.4 is 16.4 Å². The molecule has 1 aromatic heterocycles.